The van der Waals surface area contributed by atoms with Gasteiger partial charge in [-0.1, -0.05) is 38.6 Å². The second-order valence-electron chi connectivity index (χ2n) is 10.6. The molecule has 1 aliphatic carbocycles. The molecular formula is C30H37N3O4. The highest BCUT2D eigenvalue weighted by Gasteiger charge is 2.33. The maximum absolute atomic E-state index is 11.9. The monoisotopic (exact) mass is 503 g/mol. The molecule has 1 heterocycles. The van der Waals surface area contributed by atoms with Crippen molar-refractivity contribution < 1.29 is 19.2 Å². The van der Waals surface area contributed by atoms with E-state index in [4.69, 9.17) is 4.84 Å². The first-order valence-corrected chi connectivity index (χ1v) is 13.0. The van der Waals surface area contributed by atoms with E-state index in [2.05, 4.69) is 81.1 Å². The second-order valence-corrected chi connectivity index (χ2v) is 10.6. The molecule has 4 rings (SSSR count). The van der Waals surface area contributed by atoms with Crippen molar-refractivity contribution in [3.63, 3.8) is 0 Å². The number of hydroxylamine groups is 2. The summed E-state index contributed by atoms with van der Waals surface area (Å²) in [5.74, 6) is -1.46. The van der Waals surface area contributed by atoms with Crippen molar-refractivity contribution in [2.24, 2.45) is 0 Å². The topological polar surface area (TPSA) is 79.0 Å². The summed E-state index contributed by atoms with van der Waals surface area (Å²) in [4.78, 5) is 41.9. The van der Waals surface area contributed by atoms with Crippen LogP contribution in [0.15, 0.2) is 30.3 Å². The minimum absolute atomic E-state index is 0.103. The summed E-state index contributed by atoms with van der Waals surface area (Å²) in [5.41, 5.74) is 6.27. The van der Waals surface area contributed by atoms with Crippen LogP contribution < -0.4 is 20.7 Å². The van der Waals surface area contributed by atoms with Gasteiger partial charge in [0.25, 0.3) is 11.8 Å². The number of carbonyl (C=O) groups is 3. The molecule has 2 aromatic carbocycles. The molecule has 2 amide bonds. The number of hydrogen-bond acceptors (Lipinski definition) is 6. The van der Waals surface area contributed by atoms with Gasteiger partial charge in [0.1, 0.15) is 0 Å². The van der Waals surface area contributed by atoms with Gasteiger partial charge in [0, 0.05) is 44.5 Å². The Labute approximate surface area is 218 Å². The van der Waals surface area contributed by atoms with E-state index in [0.29, 0.717) is 18.0 Å². The summed E-state index contributed by atoms with van der Waals surface area (Å²) >= 11 is 0. The standard InChI is InChI=1S/C30H37N3O4/c1-20-16-25-23(18-22-10-11-24(32(4)5)19-26(22)30(25,2)3)17-21(20)8-6-14-31-15-7-9-29(36)37-33-27(34)12-13-28(33)35/h10-11,16-19,31H,1,6-9,12-15H2,2-5H3. The van der Waals surface area contributed by atoms with Crippen LogP contribution in [0.25, 0.3) is 12.7 Å². The average molecular weight is 504 g/mol. The normalized spacial score (nSPS) is 15.7. The first-order chi connectivity index (χ1) is 17.6. The molecule has 1 N–H and O–H groups in total. The molecule has 0 unspecified atom stereocenters. The zero-order valence-corrected chi connectivity index (χ0v) is 22.4. The van der Waals surface area contributed by atoms with E-state index in [1.165, 1.54) is 33.2 Å². The predicted molar refractivity (Wildman–Crippen MR) is 145 cm³/mol. The van der Waals surface area contributed by atoms with E-state index in [-0.39, 0.29) is 24.7 Å². The molecule has 37 heavy (non-hydrogen) atoms. The maximum Gasteiger partial charge on any atom is 0.333 e. The fourth-order valence-electron chi connectivity index (χ4n) is 5.10. The van der Waals surface area contributed by atoms with E-state index in [0.717, 1.165) is 24.6 Å². The highest BCUT2D eigenvalue weighted by molar-refractivity contribution is 6.01. The molecule has 2 aliphatic rings. The Bertz CT molecular complexity index is 1310. The van der Waals surface area contributed by atoms with Gasteiger partial charge in [0.05, 0.1) is 0 Å². The lowest BCUT2D eigenvalue weighted by Crippen LogP contribution is -2.34. The molecule has 7 heteroatoms. The zero-order valence-electron chi connectivity index (χ0n) is 22.4. The SMILES string of the molecule is C=c1cc2c(cc1CCCNCCCC(=O)ON1C(=O)CCC1=O)=Cc1ccc(N(C)C)cc1C2(C)C. The molecule has 0 spiro atoms. The van der Waals surface area contributed by atoms with E-state index in [1.807, 2.05) is 0 Å². The van der Waals surface area contributed by atoms with Crippen LogP contribution in [0.4, 0.5) is 5.69 Å². The Balaban J connectivity index is 1.29. The van der Waals surface area contributed by atoms with Crippen LogP contribution in [0.1, 0.15) is 68.2 Å². The highest BCUT2D eigenvalue weighted by atomic mass is 16.7. The van der Waals surface area contributed by atoms with E-state index >= 15 is 0 Å². The van der Waals surface area contributed by atoms with Crippen molar-refractivity contribution in [2.75, 3.05) is 32.1 Å². The van der Waals surface area contributed by atoms with Gasteiger partial charge in [-0.05, 0) is 83.3 Å². The minimum atomic E-state index is -0.556. The Morgan fingerprint density at radius 1 is 1.05 bits per heavy atom. The molecule has 2 aromatic rings. The van der Waals surface area contributed by atoms with Gasteiger partial charge < -0.3 is 15.1 Å². The summed E-state index contributed by atoms with van der Waals surface area (Å²) in [6, 6.07) is 11.2. The second kappa shape index (κ2) is 10.9. The van der Waals surface area contributed by atoms with Crippen LogP contribution in [0.5, 0.6) is 0 Å². The average Bonchev–Trinajstić information content (AvgIpc) is 3.16. The number of nitrogens with zero attached hydrogens (tertiary/aromatic N) is 2. The van der Waals surface area contributed by atoms with Crippen LogP contribution in [0.3, 0.4) is 0 Å². The van der Waals surface area contributed by atoms with Crippen molar-refractivity contribution in [2.45, 2.75) is 57.8 Å². The van der Waals surface area contributed by atoms with Crippen LogP contribution >= 0.6 is 0 Å². The molecular weight excluding hydrogens is 466 g/mol. The molecule has 196 valence electrons. The third-order valence-corrected chi connectivity index (χ3v) is 7.32. The fourth-order valence-corrected chi connectivity index (χ4v) is 5.10. The number of anilines is 1. The lowest BCUT2D eigenvalue weighted by atomic mass is 9.71. The summed E-state index contributed by atoms with van der Waals surface area (Å²) in [6.07, 6.45) is 5.10. The Kier molecular flexibility index (Phi) is 7.83. The Morgan fingerprint density at radius 2 is 1.76 bits per heavy atom. The van der Waals surface area contributed by atoms with Crippen molar-refractivity contribution >= 4 is 36.1 Å². The largest absolute Gasteiger partial charge is 0.378 e. The van der Waals surface area contributed by atoms with Crippen molar-refractivity contribution in [3.8, 4) is 0 Å². The summed E-state index contributed by atoms with van der Waals surface area (Å²) < 4.78 is 0. The summed E-state index contributed by atoms with van der Waals surface area (Å²) in [7, 11) is 4.14. The number of benzene rings is 2. The zero-order chi connectivity index (χ0) is 26.7. The first-order valence-electron chi connectivity index (χ1n) is 13.0. The minimum Gasteiger partial charge on any atom is -0.378 e. The molecule has 1 fully saturated rings. The molecule has 7 nitrogen and oxygen atoms in total. The summed E-state index contributed by atoms with van der Waals surface area (Å²) in [6.45, 7) is 10.4. The van der Waals surface area contributed by atoms with E-state index in [1.54, 1.807) is 0 Å². The predicted octanol–water partition coefficient (Wildman–Crippen LogP) is 2.54. The van der Waals surface area contributed by atoms with Crippen molar-refractivity contribution in [1.29, 1.82) is 0 Å². The summed E-state index contributed by atoms with van der Waals surface area (Å²) in [5, 5.41) is 6.29. The third kappa shape index (κ3) is 5.77. The molecule has 0 saturated carbocycles. The quantitative estimate of drug-likeness (QED) is 0.397. The Hall–Kier alpha value is -3.45. The lowest BCUT2D eigenvalue weighted by Gasteiger charge is -2.33. The number of imide groups is 1. The van der Waals surface area contributed by atoms with Crippen molar-refractivity contribution in [1.82, 2.24) is 10.4 Å². The smallest absolute Gasteiger partial charge is 0.333 e. The van der Waals surface area contributed by atoms with Crippen LogP contribution in [-0.4, -0.2) is 50.0 Å². The van der Waals surface area contributed by atoms with Gasteiger partial charge in [0.15, 0.2) is 0 Å². The number of aryl methyl sites for hydroxylation is 1. The van der Waals surface area contributed by atoms with Gasteiger partial charge in [-0.3, -0.25) is 9.59 Å². The number of amides is 2. The van der Waals surface area contributed by atoms with Gasteiger partial charge in [-0.25, -0.2) is 4.79 Å². The van der Waals surface area contributed by atoms with Crippen LogP contribution in [-0.2, 0) is 31.1 Å². The number of nitrogens with one attached hydrogen (secondary N) is 1. The Morgan fingerprint density at radius 3 is 2.46 bits per heavy atom. The van der Waals surface area contributed by atoms with Crippen LogP contribution in [0.2, 0.25) is 0 Å². The third-order valence-electron chi connectivity index (χ3n) is 7.32. The van der Waals surface area contributed by atoms with Crippen molar-refractivity contribution in [3.05, 3.63) is 63.0 Å². The molecule has 1 aliphatic heterocycles. The van der Waals surface area contributed by atoms with Gasteiger partial charge in [-0.15, -0.1) is 5.06 Å². The molecule has 0 aromatic heterocycles. The molecule has 0 bridgehead atoms. The molecule has 0 radical (unpaired) electrons. The molecule has 1 saturated heterocycles. The van der Waals surface area contributed by atoms with Gasteiger partial charge in [-0.2, -0.15) is 0 Å². The fraction of sp³-hybridized carbons (Fsp3) is 0.433. The highest BCUT2D eigenvalue weighted by Crippen LogP contribution is 2.36. The van der Waals surface area contributed by atoms with E-state index in [9.17, 15) is 14.4 Å². The van der Waals surface area contributed by atoms with Crippen LogP contribution in [0, 0.1) is 0 Å². The maximum atomic E-state index is 11.9. The number of fused-ring (bicyclic) bond motifs is 2. The number of carbonyl (C=O) groups excluding carboxylic acids is 3. The first kappa shape index (κ1) is 26.6. The number of rotatable bonds is 10. The number of hydrogen-bond donors (Lipinski definition) is 1. The van der Waals surface area contributed by atoms with Gasteiger partial charge in [0.2, 0.25) is 0 Å². The molecule has 0 atom stereocenters. The lowest BCUT2D eigenvalue weighted by molar-refractivity contribution is -0.197. The van der Waals surface area contributed by atoms with Gasteiger partial charge >= 0.3 is 5.97 Å². The van der Waals surface area contributed by atoms with E-state index < -0.39 is 17.8 Å².